The van der Waals surface area contributed by atoms with Crippen molar-refractivity contribution in [1.82, 2.24) is 0 Å². The van der Waals surface area contributed by atoms with Gasteiger partial charge < -0.3 is 5.11 Å². The average molecular weight is 152 g/mol. The molecule has 1 aliphatic carbocycles. The monoisotopic (exact) mass is 152 g/mol. The largest absolute Gasteiger partial charge is 0.823 e. The van der Waals surface area contributed by atoms with E-state index in [2.05, 4.69) is 0 Å². The summed E-state index contributed by atoms with van der Waals surface area (Å²) in [6.45, 7) is 6.71. The molecule has 0 aromatic carbocycles. The smallest absolute Gasteiger partial charge is 0.251 e. The van der Waals surface area contributed by atoms with Gasteiger partial charge in [0.1, 0.15) is 11.5 Å². The van der Waals surface area contributed by atoms with Crippen molar-refractivity contribution in [1.29, 1.82) is 0 Å². The number of allylic oxidation sites excluding steroid dienone is 1. The first kappa shape index (κ1) is 8.34. The van der Waals surface area contributed by atoms with Crippen molar-refractivity contribution in [2.75, 3.05) is 0 Å². The lowest BCUT2D eigenvalue weighted by Gasteiger charge is -2.23. The SMILES string of the molecule is CC1=C(C)C(C)([O-])C(=O)[C+]1C. The fourth-order valence-electron chi connectivity index (χ4n) is 1.34. The molecule has 0 radical (unpaired) electrons. The van der Waals surface area contributed by atoms with E-state index in [0.717, 1.165) is 5.57 Å². The van der Waals surface area contributed by atoms with Crippen LogP contribution < -0.4 is 5.11 Å². The highest BCUT2D eigenvalue weighted by molar-refractivity contribution is 6.06. The predicted octanol–water partition coefficient (Wildman–Crippen LogP) is 0.619. The summed E-state index contributed by atoms with van der Waals surface area (Å²) >= 11 is 0. The molecule has 1 rings (SSSR count). The highest BCUT2D eigenvalue weighted by Crippen LogP contribution is 2.35. The van der Waals surface area contributed by atoms with Crippen LogP contribution in [0, 0.1) is 5.92 Å². The van der Waals surface area contributed by atoms with Gasteiger partial charge in [0.15, 0.2) is 0 Å². The molecular weight excluding hydrogens is 140 g/mol. The van der Waals surface area contributed by atoms with Crippen LogP contribution in [0.15, 0.2) is 11.1 Å². The van der Waals surface area contributed by atoms with E-state index >= 15 is 0 Å². The third-order valence-electron chi connectivity index (χ3n) is 2.61. The summed E-state index contributed by atoms with van der Waals surface area (Å²) in [6, 6.07) is 0. The van der Waals surface area contributed by atoms with E-state index in [1.165, 1.54) is 6.92 Å². The number of hydrogen-bond donors (Lipinski definition) is 0. The molecule has 2 heteroatoms. The molecule has 0 saturated carbocycles. The Morgan fingerprint density at radius 3 is 2.00 bits per heavy atom. The van der Waals surface area contributed by atoms with Crippen LogP contribution >= 0.6 is 0 Å². The molecule has 0 fully saturated rings. The van der Waals surface area contributed by atoms with Crippen molar-refractivity contribution in [2.45, 2.75) is 33.3 Å². The highest BCUT2D eigenvalue weighted by atomic mass is 16.3. The fraction of sp³-hybridized carbons (Fsp3) is 0.556. The van der Waals surface area contributed by atoms with Gasteiger partial charge in [-0.2, -0.15) is 0 Å². The Balaban J connectivity index is 3.16. The normalized spacial score (nSPS) is 32.1. The molecule has 1 aliphatic rings. The second-order valence-electron chi connectivity index (χ2n) is 3.24. The third kappa shape index (κ3) is 0.897. The van der Waals surface area contributed by atoms with Gasteiger partial charge in [0, 0.05) is 13.8 Å². The minimum Gasteiger partial charge on any atom is -0.823 e. The van der Waals surface area contributed by atoms with Crippen LogP contribution in [0.3, 0.4) is 0 Å². The summed E-state index contributed by atoms with van der Waals surface area (Å²) in [7, 11) is 0. The molecule has 0 N–H and O–H groups in total. The van der Waals surface area contributed by atoms with Crippen LogP contribution in [0.1, 0.15) is 27.7 Å². The van der Waals surface area contributed by atoms with Gasteiger partial charge >= 0.3 is 0 Å². The van der Waals surface area contributed by atoms with Crippen LogP contribution in [-0.4, -0.2) is 11.4 Å². The Kier molecular flexibility index (Phi) is 1.60. The Morgan fingerprint density at radius 1 is 1.45 bits per heavy atom. The van der Waals surface area contributed by atoms with Gasteiger partial charge in [-0.05, 0) is 13.8 Å². The molecule has 0 heterocycles. The molecule has 0 saturated heterocycles. The third-order valence-corrected chi connectivity index (χ3v) is 2.61. The van der Waals surface area contributed by atoms with E-state index in [1.54, 1.807) is 13.8 Å². The summed E-state index contributed by atoms with van der Waals surface area (Å²) in [5, 5.41) is 11.6. The zero-order valence-electron chi connectivity index (χ0n) is 7.32. The first-order chi connectivity index (χ1) is 4.89. The summed E-state index contributed by atoms with van der Waals surface area (Å²) in [4.78, 5) is 11.3. The quantitative estimate of drug-likeness (QED) is 0.477. The van der Waals surface area contributed by atoms with Gasteiger partial charge in [-0.3, -0.25) is 4.79 Å². The van der Waals surface area contributed by atoms with E-state index in [0.29, 0.717) is 11.5 Å². The van der Waals surface area contributed by atoms with Gasteiger partial charge in [0.2, 0.25) is 0 Å². The Bertz CT molecular complexity index is 236. The molecule has 1 unspecified atom stereocenters. The Labute approximate surface area is 66.9 Å². The van der Waals surface area contributed by atoms with Gasteiger partial charge in [0.05, 0.1) is 11.2 Å². The molecule has 0 spiro atoms. The van der Waals surface area contributed by atoms with E-state index < -0.39 is 5.60 Å². The van der Waals surface area contributed by atoms with Crippen LogP contribution in [0.4, 0.5) is 0 Å². The minimum absolute atomic E-state index is 0.271. The number of hydrogen-bond acceptors (Lipinski definition) is 2. The maximum Gasteiger partial charge on any atom is 0.251 e. The summed E-state index contributed by atoms with van der Waals surface area (Å²) in [6.07, 6.45) is 0. The molecule has 0 aromatic heterocycles. The molecule has 0 bridgehead atoms. The van der Waals surface area contributed by atoms with Crippen LogP contribution in [0.5, 0.6) is 0 Å². The molecule has 60 valence electrons. The van der Waals surface area contributed by atoms with Crippen LogP contribution in [-0.2, 0) is 4.79 Å². The maximum absolute atomic E-state index is 11.6. The van der Waals surface area contributed by atoms with Crippen molar-refractivity contribution < 1.29 is 9.90 Å². The Hall–Kier alpha value is -0.760. The predicted molar refractivity (Wildman–Crippen MR) is 40.7 cm³/mol. The van der Waals surface area contributed by atoms with Crippen molar-refractivity contribution in [3.8, 4) is 0 Å². The van der Waals surface area contributed by atoms with Crippen molar-refractivity contribution in [3.63, 3.8) is 0 Å². The number of carbonyl (C=O) groups excluding carboxylic acids is 1. The van der Waals surface area contributed by atoms with E-state index in [9.17, 15) is 9.90 Å². The molecule has 0 aromatic rings. The van der Waals surface area contributed by atoms with Gasteiger partial charge in [-0.15, -0.1) is 0 Å². The van der Waals surface area contributed by atoms with Gasteiger partial charge in [-0.25, -0.2) is 0 Å². The zero-order valence-corrected chi connectivity index (χ0v) is 7.32. The average Bonchev–Trinajstić information content (AvgIpc) is 2.06. The standard InChI is InChI=1S/C9H12O2/c1-5-6(2)8(10)9(4,11)7(5)3/h1-4H3. The molecule has 0 aliphatic heterocycles. The first-order valence-corrected chi connectivity index (χ1v) is 3.66. The van der Waals surface area contributed by atoms with Crippen molar-refractivity contribution in [3.05, 3.63) is 17.1 Å². The van der Waals surface area contributed by atoms with E-state index in [1.807, 2.05) is 6.92 Å². The van der Waals surface area contributed by atoms with E-state index in [4.69, 9.17) is 0 Å². The lowest BCUT2D eigenvalue weighted by atomic mass is 9.96. The summed E-state index contributed by atoms with van der Waals surface area (Å²) in [5.74, 6) is 0.354. The fourth-order valence-corrected chi connectivity index (χ4v) is 1.34. The molecule has 0 amide bonds. The number of carbonyl (C=O) groups is 1. The van der Waals surface area contributed by atoms with E-state index in [-0.39, 0.29) is 5.78 Å². The van der Waals surface area contributed by atoms with Crippen LogP contribution in [0.2, 0.25) is 0 Å². The lowest BCUT2D eigenvalue weighted by molar-refractivity contribution is -0.435. The molecular formula is C9H12O2. The topological polar surface area (TPSA) is 40.1 Å². The molecule has 1 atom stereocenters. The minimum atomic E-state index is -1.49. The van der Waals surface area contributed by atoms with Crippen LogP contribution in [0.25, 0.3) is 0 Å². The van der Waals surface area contributed by atoms with Crippen molar-refractivity contribution >= 4 is 5.78 Å². The molecule has 11 heavy (non-hydrogen) atoms. The number of rotatable bonds is 0. The summed E-state index contributed by atoms with van der Waals surface area (Å²) in [5.41, 5.74) is 0.0428. The first-order valence-electron chi connectivity index (χ1n) is 3.66. The highest BCUT2D eigenvalue weighted by Gasteiger charge is 2.46. The maximum atomic E-state index is 11.6. The number of Topliss-reactive ketones (excluding diaryl/α,β-unsaturated/α-hetero) is 1. The van der Waals surface area contributed by atoms with Gasteiger partial charge in [0.25, 0.3) is 5.78 Å². The van der Waals surface area contributed by atoms with Gasteiger partial charge in [-0.1, -0.05) is 0 Å². The van der Waals surface area contributed by atoms with Crippen molar-refractivity contribution in [2.24, 2.45) is 0 Å². The molecule has 2 nitrogen and oxygen atoms in total. The lowest BCUT2D eigenvalue weighted by Crippen LogP contribution is -2.47. The Morgan fingerprint density at radius 2 is 1.91 bits per heavy atom. The number of ketones is 1. The summed E-state index contributed by atoms with van der Waals surface area (Å²) < 4.78 is 0. The second-order valence-corrected chi connectivity index (χ2v) is 3.24. The second kappa shape index (κ2) is 2.11. The zero-order chi connectivity index (χ0) is 8.81.